The van der Waals surface area contributed by atoms with Crippen LogP contribution in [0.2, 0.25) is 5.02 Å². The number of carbonyl (C=O) groups is 2. The van der Waals surface area contributed by atoms with Crippen molar-refractivity contribution in [2.75, 3.05) is 19.6 Å². The summed E-state index contributed by atoms with van der Waals surface area (Å²) < 4.78 is 0. The number of ketones is 1. The van der Waals surface area contributed by atoms with Crippen molar-refractivity contribution >= 4 is 23.7 Å². The van der Waals surface area contributed by atoms with Gasteiger partial charge in [0.1, 0.15) is 6.29 Å². The monoisotopic (exact) mass is 461 g/mol. The van der Waals surface area contributed by atoms with Crippen LogP contribution in [0.15, 0.2) is 18.2 Å². The Labute approximate surface area is 201 Å². The number of rotatable bonds is 16. The van der Waals surface area contributed by atoms with Crippen LogP contribution < -0.4 is 0 Å². The molecule has 32 heavy (non-hydrogen) atoms. The maximum Gasteiger partial charge on any atom is 0.161 e. The number of benzene rings is 1. The molecule has 0 heterocycles. The van der Waals surface area contributed by atoms with Gasteiger partial charge in [0.05, 0.1) is 12.5 Å². The summed E-state index contributed by atoms with van der Waals surface area (Å²) in [5.41, 5.74) is 1.92. The predicted molar refractivity (Wildman–Crippen MR) is 136 cm³/mol. The molecule has 1 unspecified atom stereocenters. The van der Waals surface area contributed by atoms with Crippen molar-refractivity contribution in [3.05, 3.63) is 34.3 Å². The molecule has 0 bridgehead atoms. The van der Waals surface area contributed by atoms with Crippen molar-refractivity contribution < 1.29 is 9.59 Å². The lowest BCUT2D eigenvalue weighted by molar-refractivity contribution is -0.125. The molecule has 0 spiro atoms. The lowest BCUT2D eigenvalue weighted by Crippen LogP contribution is -2.34. The van der Waals surface area contributed by atoms with Gasteiger partial charge in [0.15, 0.2) is 5.78 Å². The second-order valence-electron chi connectivity index (χ2n) is 9.59. The molecule has 1 fully saturated rings. The predicted octanol–water partition coefficient (Wildman–Crippen LogP) is 7.70. The highest BCUT2D eigenvalue weighted by molar-refractivity contribution is 6.31. The molecule has 180 valence electrons. The highest BCUT2D eigenvalue weighted by Gasteiger charge is 2.24. The van der Waals surface area contributed by atoms with Gasteiger partial charge in [-0.3, -0.25) is 9.69 Å². The Morgan fingerprint density at radius 1 is 1.00 bits per heavy atom. The Bertz CT molecular complexity index is 672. The minimum absolute atomic E-state index is 0.00698. The fourth-order valence-electron chi connectivity index (χ4n) is 4.93. The molecule has 4 heteroatoms. The molecule has 0 N–H and O–H groups in total. The zero-order valence-electron chi connectivity index (χ0n) is 20.4. The van der Waals surface area contributed by atoms with Gasteiger partial charge in [0, 0.05) is 5.02 Å². The highest BCUT2D eigenvalue weighted by atomic mass is 35.5. The zero-order chi connectivity index (χ0) is 23.2. The topological polar surface area (TPSA) is 37.4 Å². The van der Waals surface area contributed by atoms with Crippen LogP contribution in [0.5, 0.6) is 0 Å². The van der Waals surface area contributed by atoms with Gasteiger partial charge in [-0.15, -0.1) is 0 Å². The van der Waals surface area contributed by atoms with E-state index in [1.807, 2.05) is 12.1 Å². The van der Waals surface area contributed by atoms with E-state index in [0.717, 1.165) is 37.8 Å². The minimum atomic E-state index is -0.721. The Balaban J connectivity index is 2.02. The molecule has 0 saturated heterocycles. The molecule has 1 atom stereocenters. The molecule has 1 saturated carbocycles. The Hall–Kier alpha value is -1.19. The van der Waals surface area contributed by atoms with Crippen LogP contribution in [0.3, 0.4) is 0 Å². The number of hydrogen-bond acceptors (Lipinski definition) is 3. The van der Waals surface area contributed by atoms with Gasteiger partial charge in [0.25, 0.3) is 0 Å². The van der Waals surface area contributed by atoms with Crippen molar-refractivity contribution in [3.63, 3.8) is 0 Å². The van der Waals surface area contributed by atoms with Crippen molar-refractivity contribution in [2.45, 2.75) is 109 Å². The third-order valence-electron chi connectivity index (χ3n) is 6.95. The number of carbonyl (C=O) groups excluding carboxylic acids is 2. The molecule has 1 aromatic rings. The van der Waals surface area contributed by atoms with Gasteiger partial charge in [-0.25, -0.2) is 0 Å². The van der Waals surface area contributed by atoms with Crippen LogP contribution in [0.4, 0.5) is 0 Å². The highest BCUT2D eigenvalue weighted by Crippen LogP contribution is 2.37. The summed E-state index contributed by atoms with van der Waals surface area (Å²) in [4.78, 5) is 27.4. The molecule has 2 rings (SSSR count). The van der Waals surface area contributed by atoms with Crippen LogP contribution >= 0.6 is 11.6 Å². The maximum atomic E-state index is 13.1. The first-order valence-corrected chi connectivity index (χ1v) is 13.5. The first-order chi connectivity index (χ1) is 15.6. The number of Topliss-reactive ketones (excluding diaryl/α,β-unsaturated/α-hetero) is 1. The Kier molecular flexibility index (Phi) is 13.2. The fourth-order valence-corrected chi connectivity index (χ4v) is 5.28. The van der Waals surface area contributed by atoms with E-state index in [1.165, 1.54) is 76.2 Å². The molecule has 0 aliphatic heterocycles. The lowest BCUT2D eigenvalue weighted by atomic mass is 9.83. The SMILES string of the molecule is CCCCCCN(CCCCCC)CC(=O)C(C=O)c1ccc(C2CCCCC2)c(Cl)c1. The standard InChI is InChI=1S/C28H44ClNO2/c1-3-5-7-12-18-30(19-13-8-6-4-2)21-28(32)26(22-31)24-16-17-25(27(29)20-24)23-14-10-9-11-15-23/h16-17,20,22-23,26H,3-15,18-19,21H2,1-2H3. The van der Waals surface area contributed by atoms with Crippen molar-refractivity contribution in [1.82, 2.24) is 4.90 Å². The summed E-state index contributed by atoms with van der Waals surface area (Å²) >= 11 is 6.63. The van der Waals surface area contributed by atoms with Gasteiger partial charge in [-0.2, -0.15) is 0 Å². The largest absolute Gasteiger partial charge is 0.302 e. The van der Waals surface area contributed by atoms with Crippen molar-refractivity contribution in [1.29, 1.82) is 0 Å². The third-order valence-corrected chi connectivity index (χ3v) is 7.27. The van der Waals surface area contributed by atoms with Gasteiger partial charge < -0.3 is 4.79 Å². The summed E-state index contributed by atoms with van der Waals surface area (Å²) in [6.07, 6.45) is 16.5. The van der Waals surface area contributed by atoms with Crippen LogP contribution in [0, 0.1) is 0 Å². The molecular formula is C28H44ClNO2. The number of hydrogen-bond donors (Lipinski definition) is 0. The number of nitrogens with zero attached hydrogens (tertiary/aromatic N) is 1. The van der Waals surface area contributed by atoms with Crippen LogP contribution in [-0.2, 0) is 9.59 Å². The second kappa shape index (κ2) is 15.6. The first-order valence-electron chi connectivity index (χ1n) is 13.1. The van der Waals surface area contributed by atoms with Crippen molar-refractivity contribution in [2.24, 2.45) is 0 Å². The fraction of sp³-hybridized carbons (Fsp3) is 0.714. The van der Waals surface area contributed by atoms with Crippen LogP contribution in [-0.4, -0.2) is 36.6 Å². The van der Waals surface area contributed by atoms with Crippen LogP contribution in [0.25, 0.3) is 0 Å². The molecule has 0 aromatic heterocycles. The molecule has 0 amide bonds. The minimum Gasteiger partial charge on any atom is -0.302 e. The third kappa shape index (κ3) is 8.98. The molecule has 3 nitrogen and oxygen atoms in total. The summed E-state index contributed by atoms with van der Waals surface area (Å²) in [5, 5.41) is 0.713. The summed E-state index contributed by atoms with van der Waals surface area (Å²) in [7, 11) is 0. The van der Waals surface area contributed by atoms with Crippen molar-refractivity contribution in [3.8, 4) is 0 Å². The quantitative estimate of drug-likeness (QED) is 0.144. The maximum absolute atomic E-state index is 13.1. The van der Waals surface area contributed by atoms with E-state index in [4.69, 9.17) is 11.6 Å². The average molecular weight is 462 g/mol. The molecule has 0 radical (unpaired) electrons. The van der Waals surface area contributed by atoms with Gasteiger partial charge >= 0.3 is 0 Å². The Morgan fingerprint density at radius 3 is 2.16 bits per heavy atom. The average Bonchev–Trinajstić information content (AvgIpc) is 2.80. The number of halogens is 1. The van der Waals surface area contributed by atoms with E-state index < -0.39 is 5.92 Å². The number of unbranched alkanes of at least 4 members (excludes halogenated alkanes) is 6. The Morgan fingerprint density at radius 2 is 1.62 bits per heavy atom. The van der Waals surface area contributed by atoms with E-state index in [1.54, 1.807) is 0 Å². The molecule has 1 aliphatic rings. The van der Waals surface area contributed by atoms with E-state index in [-0.39, 0.29) is 5.78 Å². The van der Waals surface area contributed by atoms with E-state index >= 15 is 0 Å². The smallest absolute Gasteiger partial charge is 0.161 e. The van der Waals surface area contributed by atoms with Gasteiger partial charge in [-0.1, -0.05) is 95.4 Å². The molecule has 1 aromatic carbocycles. The van der Waals surface area contributed by atoms with E-state index in [2.05, 4.69) is 24.8 Å². The van der Waals surface area contributed by atoms with Gasteiger partial charge in [-0.05, 0) is 61.9 Å². The lowest BCUT2D eigenvalue weighted by Gasteiger charge is -2.25. The van der Waals surface area contributed by atoms with E-state index in [0.29, 0.717) is 17.5 Å². The molecule has 1 aliphatic carbocycles. The van der Waals surface area contributed by atoms with Crippen LogP contribution in [0.1, 0.15) is 120 Å². The van der Waals surface area contributed by atoms with E-state index in [9.17, 15) is 9.59 Å². The summed E-state index contributed by atoms with van der Waals surface area (Å²) in [5.74, 6) is -0.216. The second-order valence-corrected chi connectivity index (χ2v) is 10.0. The van der Waals surface area contributed by atoms with Gasteiger partial charge in [0.2, 0.25) is 0 Å². The number of aldehydes is 1. The normalized spacial score (nSPS) is 15.8. The zero-order valence-corrected chi connectivity index (χ0v) is 21.2. The first kappa shape index (κ1) is 27.1. The summed E-state index contributed by atoms with van der Waals surface area (Å²) in [6.45, 7) is 6.65. The molecular weight excluding hydrogens is 418 g/mol. The summed E-state index contributed by atoms with van der Waals surface area (Å²) in [6, 6.07) is 5.89.